The highest BCUT2D eigenvalue weighted by molar-refractivity contribution is 5.80. The lowest BCUT2D eigenvalue weighted by molar-refractivity contribution is -0.119. The van der Waals surface area contributed by atoms with Crippen LogP contribution in [0.2, 0.25) is 0 Å². The number of rotatable bonds is 8. The van der Waals surface area contributed by atoms with Crippen LogP contribution < -0.4 is 20.3 Å². The molecule has 1 rings (SSSR count). The summed E-state index contributed by atoms with van der Waals surface area (Å²) in [6.07, 6.45) is 0. The maximum Gasteiger partial charge on any atom is 0.323 e. The van der Waals surface area contributed by atoms with E-state index in [1.54, 1.807) is 19.0 Å². The van der Waals surface area contributed by atoms with Crippen LogP contribution in [0, 0.1) is 5.92 Å². The fourth-order valence-electron chi connectivity index (χ4n) is 1.48. The fourth-order valence-corrected chi connectivity index (χ4v) is 1.48. The Kier molecular flexibility index (Phi) is 6.64. The maximum absolute atomic E-state index is 11.8. The van der Waals surface area contributed by atoms with Gasteiger partial charge in [-0.3, -0.25) is 4.79 Å². The first-order valence-corrected chi connectivity index (χ1v) is 7.00. The molecule has 118 valence electrons. The first-order chi connectivity index (χ1) is 9.96. The summed E-state index contributed by atoms with van der Waals surface area (Å²) < 4.78 is 5.29. The summed E-state index contributed by atoms with van der Waals surface area (Å²) in [5, 5.41) is 5.70. The van der Waals surface area contributed by atoms with Crippen LogP contribution in [0.1, 0.15) is 20.8 Å². The standard InChI is InChI=1S/C13H24N6O2/c1-6-21-13-17-11(14-4)16-12(18-13)19(5)8-10(20)15-7-9(2)3/h9H,6-8H2,1-5H3,(H,15,20)(H,14,16,17,18). The molecule has 0 atom stereocenters. The van der Waals surface area contributed by atoms with Crippen molar-refractivity contribution in [3.63, 3.8) is 0 Å². The average molecular weight is 296 g/mol. The number of nitrogens with zero attached hydrogens (tertiary/aromatic N) is 4. The second-order valence-corrected chi connectivity index (χ2v) is 4.98. The summed E-state index contributed by atoms with van der Waals surface area (Å²) in [6.45, 7) is 7.23. The summed E-state index contributed by atoms with van der Waals surface area (Å²) >= 11 is 0. The molecule has 0 saturated carbocycles. The number of amides is 1. The van der Waals surface area contributed by atoms with Gasteiger partial charge < -0.3 is 20.3 Å². The highest BCUT2D eigenvalue weighted by Gasteiger charge is 2.13. The summed E-state index contributed by atoms with van der Waals surface area (Å²) in [5.74, 6) is 1.13. The van der Waals surface area contributed by atoms with E-state index in [1.807, 2.05) is 20.8 Å². The van der Waals surface area contributed by atoms with E-state index < -0.39 is 0 Å². The van der Waals surface area contributed by atoms with E-state index in [4.69, 9.17) is 4.74 Å². The Labute approximate surface area is 125 Å². The molecule has 0 aliphatic heterocycles. The van der Waals surface area contributed by atoms with Crippen molar-refractivity contribution in [2.45, 2.75) is 20.8 Å². The third-order valence-corrected chi connectivity index (χ3v) is 2.53. The number of carbonyl (C=O) groups excluding carboxylic acids is 1. The lowest BCUT2D eigenvalue weighted by atomic mass is 10.2. The van der Waals surface area contributed by atoms with Crippen LogP contribution in [0.3, 0.4) is 0 Å². The molecule has 1 heterocycles. The monoisotopic (exact) mass is 296 g/mol. The van der Waals surface area contributed by atoms with Crippen molar-refractivity contribution in [1.82, 2.24) is 20.3 Å². The van der Waals surface area contributed by atoms with Gasteiger partial charge in [0, 0.05) is 20.6 Å². The van der Waals surface area contributed by atoms with Gasteiger partial charge in [-0.25, -0.2) is 0 Å². The Morgan fingerprint density at radius 2 is 2.05 bits per heavy atom. The van der Waals surface area contributed by atoms with Gasteiger partial charge in [0.25, 0.3) is 0 Å². The van der Waals surface area contributed by atoms with Gasteiger partial charge in [0.05, 0.1) is 13.2 Å². The lowest BCUT2D eigenvalue weighted by Crippen LogP contribution is -2.37. The van der Waals surface area contributed by atoms with Crippen LogP contribution >= 0.6 is 0 Å². The Hall–Kier alpha value is -2.12. The van der Waals surface area contributed by atoms with Crippen molar-refractivity contribution in [3.05, 3.63) is 0 Å². The van der Waals surface area contributed by atoms with Crippen LogP contribution in [0.5, 0.6) is 6.01 Å². The summed E-state index contributed by atoms with van der Waals surface area (Å²) in [4.78, 5) is 26.0. The molecule has 1 amide bonds. The van der Waals surface area contributed by atoms with Crippen molar-refractivity contribution in [2.24, 2.45) is 5.92 Å². The van der Waals surface area contributed by atoms with Gasteiger partial charge in [-0.1, -0.05) is 13.8 Å². The Morgan fingerprint density at radius 3 is 2.62 bits per heavy atom. The van der Waals surface area contributed by atoms with E-state index >= 15 is 0 Å². The van der Waals surface area contributed by atoms with Gasteiger partial charge in [0.1, 0.15) is 0 Å². The number of anilines is 2. The number of carbonyl (C=O) groups is 1. The Bertz CT molecular complexity index is 466. The van der Waals surface area contributed by atoms with E-state index in [2.05, 4.69) is 25.6 Å². The fraction of sp³-hybridized carbons (Fsp3) is 0.692. The summed E-state index contributed by atoms with van der Waals surface area (Å²) in [5.41, 5.74) is 0. The summed E-state index contributed by atoms with van der Waals surface area (Å²) in [7, 11) is 3.46. The minimum absolute atomic E-state index is 0.0735. The molecule has 0 unspecified atom stereocenters. The Morgan fingerprint density at radius 1 is 1.33 bits per heavy atom. The predicted octanol–water partition coefficient (Wildman–Crippen LogP) is 0.520. The van der Waals surface area contributed by atoms with Gasteiger partial charge >= 0.3 is 6.01 Å². The number of hydrogen-bond donors (Lipinski definition) is 2. The Balaban J connectivity index is 2.74. The van der Waals surface area contributed by atoms with Crippen LogP contribution in [-0.2, 0) is 4.79 Å². The zero-order valence-corrected chi connectivity index (χ0v) is 13.3. The molecule has 0 spiro atoms. The van der Waals surface area contributed by atoms with Gasteiger partial charge in [0.2, 0.25) is 17.8 Å². The smallest absolute Gasteiger partial charge is 0.323 e. The minimum atomic E-state index is -0.0735. The highest BCUT2D eigenvalue weighted by Crippen LogP contribution is 2.13. The van der Waals surface area contributed by atoms with E-state index in [0.29, 0.717) is 31.0 Å². The molecule has 1 aromatic rings. The van der Waals surface area contributed by atoms with Crippen molar-refractivity contribution >= 4 is 17.8 Å². The molecule has 0 aromatic carbocycles. The molecule has 1 aromatic heterocycles. The third kappa shape index (κ3) is 5.80. The zero-order valence-electron chi connectivity index (χ0n) is 13.3. The first kappa shape index (κ1) is 16.9. The van der Waals surface area contributed by atoms with E-state index in [1.165, 1.54) is 0 Å². The van der Waals surface area contributed by atoms with Gasteiger partial charge in [-0.2, -0.15) is 15.0 Å². The molecule has 8 heteroatoms. The third-order valence-electron chi connectivity index (χ3n) is 2.53. The van der Waals surface area contributed by atoms with E-state index in [9.17, 15) is 4.79 Å². The van der Waals surface area contributed by atoms with Crippen LogP contribution in [0.25, 0.3) is 0 Å². The number of likely N-dealkylation sites (N-methyl/N-ethyl adjacent to an activating group) is 1. The molecule has 2 N–H and O–H groups in total. The van der Waals surface area contributed by atoms with Crippen LogP contribution in [0.15, 0.2) is 0 Å². The SMILES string of the molecule is CCOc1nc(NC)nc(N(C)CC(=O)NCC(C)C)n1. The van der Waals surface area contributed by atoms with Crippen molar-refractivity contribution in [3.8, 4) is 6.01 Å². The molecule has 0 fully saturated rings. The second kappa shape index (κ2) is 8.23. The number of ether oxygens (including phenoxy) is 1. The van der Waals surface area contributed by atoms with Gasteiger partial charge in [-0.15, -0.1) is 0 Å². The van der Waals surface area contributed by atoms with Crippen molar-refractivity contribution in [2.75, 3.05) is 44.0 Å². The summed E-state index contributed by atoms with van der Waals surface area (Å²) in [6, 6.07) is 0.237. The number of hydrogen-bond acceptors (Lipinski definition) is 7. The number of nitrogens with one attached hydrogen (secondary N) is 2. The molecule has 0 saturated heterocycles. The van der Waals surface area contributed by atoms with Gasteiger partial charge in [-0.05, 0) is 12.8 Å². The van der Waals surface area contributed by atoms with Crippen LogP contribution in [-0.4, -0.2) is 54.7 Å². The molecule has 0 aliphatic carbocycles. The first-order valence-electron chi connectivity index (χ1n) is 7.00. The molecule has 0 bridgehead atoms. The lowest BCUT2D eigenvalue weighted by Gasteiger charge is -2.18. The van der Waals surface area contributed by atoms with Crippen LogP contribution in [0.4, 0.5) is 11.9 Å². The average Bonchev–Trinajstić information content (AvgIpc) is 2.45. The number of aromatic nitrogens is 3. The normalized spacial score (nSPS) is 10.4. The van der Waals surface area contributed by atoms with Crippen molar-refractivity contribution in [1.29, 1.82) is 0 Å². The highest BCUT2D eigenvalue weighted by atomic mass is 16.5. The van der Waals surface area contributed by atoms with E-state index in [-0.39, 0.29) is 18.5 Å². The predicted molar refractivity (Wildman–Crippen MR) is 81.7 cm³/mol. The topological polar surface area (TPSA) is 92.3 Å². The van der Waals surface area contributed by atoms with E-state index in [0.717, 1.165) is 0 Å². The van der Waals surface area contributed by atoms with Crippen molar-refractivity contribution < 1.29 is 9.53 Å². The molecule has 8 nitrogen and oxygen atoms in total. The zero-order chi connectivity index (χ0) is 15.8. The molecule has 0 radical (unpaired) electrons. The molecule has 0 aliphatic rings. The second-order valence-electron chi connectivity index (χ2n) is 4.98. The quantitative estimate of drug-likeness (QED) is 0.722. The van der Waals surface area contributed by atoms with Gasteiger partial charge in [0.15, 0.2) is 0 Å². The molecular formula is C13H24N6O2. The minimum Gasteiger partial charge on any atom is -0.464 e. The molecule has 21 heavy (non-hydrogen) atoms. The largest absolute Gasteiger partial charge is 0.464 e. The maximum atomic E-state index is 11.8. The molecular weight excluding hydrogens is 272 g/mol.